The van der Waals surface area contributed by atoms with E-state index in [2.05, 4.69) is 48.5 Å². The smallest absolute Gasteiger partial charge is 0.0305 e. The van der Waals surface area contributed by atoms with E-state index in [4.69, 9.17) is 0 Å². The quantitative estimate of drug-likeness (QED) is 0.585. The molecule has 0 saturated heterocycles. The van der Waals surface area contributed by atoms with E-state index in [1.165, 1.54) is 12.8 Å². The molecule has 12 heavy (non-hydrogen) atoms. The fraction of sp³-hybridized carbons (Fsp3) is 1.00. The highest BCUT2D eigenvalue weighted by molar-refractivity contribution is 4.82. The maximum absolute atomic E-state index is 2.38. The van der Waals surface area contributed by atoms with Crippen LogP contribution in [0.2, 0.25) is 0 Å². The Morgan fingerprint density at radius 2 is 1.33 bits per heavy atom. The first-order valence-corrected chi connectivity index (χ1v) is 5.17. The van der Waals surface area contributed by atoms with E-state index in [0.29, 0.717) is 10.8 Å². The largest absolute Gasteiger partial charge is 0.0628 e. The molecule has 0 rings (SSSR count). The van der Waals surface area contributed by atoms with E-state index in [1.807, 2.05) is 0 Å². The zero-order chi connectivity index (χ0) is 9.99. The van der Waals surface area contributed by atoms with Crippen molar-refractivity contribution in [3.63, 3.8) is 0 Å². The average Bonchev–Trinajstić information content (AvgIpc) is 1.81. The van der Waals surface area contributed by atoms with E-state index in [9.17, 15) is 0 Å². The molecular formula is C12H26. The second-order valence-electron chi connectivity index (χ2n) is 6.07. The molecule has 0 nitrogen and oxygen atoms in total. The first kappa shape index (κ1) is 12.0. The Hall–Kier alpha value is 0. The molecule has 0 aliphatic carbocycles. The normalized spacial score (nSPS) is 14.0. The lowest BCUT2D eigenvalue weighted by molar-refractivity contribution is 0.111. The minimum Gasteiger partial charge on any atom is -0.0628 e. The maximum Gasteiger partial charge on any atom is -0.0305 e. The maximum atomic E-state index is 2.38. The molecule has 0 unspecified atom stereocenters. The molecule has 0 aromatic heterocycles. The summed E-state index contributed by atoms with van der Waals surface area (Å²) in [6.07, 6.45) is 2.69. The zero-order valence-electron chi connectivity index (χ0n) is 9.99. The minimum atomic E-state index is 0.432. The molecule has 0 aliphatic heterocycles. The summed E-state index contributed by atoms with van der Waals surface area (Å²) in [5.41, 5.74) is 0.902. The Kier molecular flexibility index (Phi) is 3.81. The molecular weight excluding hydrogens is 144 g/mol. The molecule has 0 atom stereocenters. The van der Waals surface area contributed by atoms with Gasteiger partial charge in [-0.1, -0.05) is 54.9 Å². The van der Waals surface area contributed by atoms with Gasteiger partial charge in [0.1, 0.15) is 0 Å². The standard InChI is InChI=1S/C12H26/c1-10(2)8-9-12(6,7)11(3,4)5/h10H,8-9H2,1-7H3. The number of rotatable bonds is 3. The third-order valence-corrected chi connectivity index (χ3v) is 3.38. The van der Waals surface area contributed by atoms with Gasteiger partial charge in [0.25, 0.3) is 0 Å². The van der Waals surface area contributed by atoms with Crippen molar-refractivity contribution >= 4 is 0 Å². The topological polar surface area (TPSA) is 0 Å². The second kappa shape index (κ2) is 3.81. The summed E-state index contributed by atoms with van der Waals surface area (Å²) in [6, 6.07) is 0. The van der Waals surface area contributed by atoms with Crippen LogP contribution >= 0.6 is 0 Å². The molecule has 0 spiro atoms. The summed E-state index contributed by atoms with van der Waals surface area (Å²) in [7, 11) is 0. The van der Waals surface area contributed by atoms with Crippen LogP contribution in [0.25, 0.3) is 0 Å². The third kappa shape index (κ3) is 3.60. The molecule has 0 aromatic rings. The highest BCUT2D eigenvalue weighted by Gasteiger charge is 2.31. The van der Waals surface area contributed by atoms with Crippen molar-refractivity contribution in [2.45, 2.75) is 61.3 Å². The van der Waals surface area contributed by atoms with Gasteiger partial charge in [-0.25, -0.2) is 0 Å². The van der Waals surface area contributed by atoms with Crippen LogP contribution in [0, 0.1) is 16.7 Å². The van der Waals surface area contributed by atoms with Gasteiger partial charge >= 0.3 is 0 Å². The van der Waals surface area contributed by atoms with Crippen molar-refractivity contribution in [3.05, 3.63) is 0 Å². The van der Waals surface area contributed by atoms with E-state index >= 15 is 0 Å². The summed E-state index contributed by atoms with van der Waals surface area (Å²) >= 11 is 0. The lowest BCUT2D eigenvalue weighted by Crippen LogP contribution is -2.29. The lowest BCUT2D eigenvalue weighted by atomic mass is 9.66. The molecule has 0 amide bonds. The average molecular weight is 170 g/mol. The molecule has 74 valence electrons. The van der Waals surface area contributed by atoms with Crippen LogP contribution < -0.4 is 0 Å². The van der Waals surface area contributed by atoms with Crippen molar-refractivity contribution < 1.29 is 0 Å². The molecule has 0 radical (unpaired) electrons. The van der Waals surface area contributed by atoms with Crippen LogP contribution in [-0.2, 0) is 0 Å². The van der Waals surface area contributed by atoms with Gasteiger partial charge in [-0.05, 0) is 23.2 Å². The fourth-order valence-corrected chi connectivity index (χ4v) is 1.02. The van der Waals surface area contributed by atoms with E-state index in [-0.39, 0.29) is 0 Å². The molecule has 0 heteroatoms. The summed E-state index contributed by atoms with van der Waals surface area (Å²) in [4.78, 5) is 0. The Morgan fingerprint density at radius 3 is 1.58 bits per heavy atom. The molecule has 0 aliphatic rings. The molecule has 0 aromatic carbocycles. The monoisotopic (exact) mass is 170 g/mol. The lowest BCUT2D eigenvalue weighted by Gasteiger charge is -2.39. The Bertz CT molecular complexity index is 123. The SMILES string of the molecule is CC(C)CCC(C)(C)C(C)(C)C. The van der Waals surface area contributed by atoms with Crippen LogP contribution in [0.15, 0.2) is 0 Å². The van der Waals surface area contributed by atoms with Crippen molar-refractivity contribution in [2.75, 3.05) is 0 Å². The summed E-state index contributed by atoms with van der Waals surface area (Å²) in [6.45, 7) is 16.4. The van der Waals surface area contributed by atoms with Gasteiger partial charge in [0.05, 0.1) is 0 Å². The Labute approximate surface area is 78.8 Å². The first-order chi connectivity index (χ1) is 5.17. The number of hydrogen-bond donors (Lipinski definition) is 0. The molecule has 0 bridgehead atoms. The van der Waals surface area contributed by atoms with Crippen molar-refractivity contribution in [1.29, 1.82) is 0 Å². The highest BCUT2D eigenvalue weighted by Crippen LogP contribution is 2.42. The van der Waals surface area contributed by atoms with Crippen LogP contribution in [0.4, 0.5) is 0 Å². The zero-order valence-corrected chi connectivity index (χ0v) is 9.99. The number of hydrogen-bond acceptors (Lipinski definition) is 0. The minimum absolute atomic E-state index is 0.432. The third-order valence-electron chi connectivity index (χ3n) is 3.38. The molecule has 0 heterocycles. The van der Waals surface area contributed by atoms with Crippen molar-refractivity contribution in [1.82, 2.24) is 0 Å². The Balaban J connectivity index is 4.05. The van der Waals surface area contributed by atoms with E-state index in [0.717, 1.165) is 5.92 Å². The van der Waals surface area contributed by atoms with Gasteiger partial charge in [0.2, 0.25) is 0 Å². The summed E-state index contributed by atoms with van der Waals surface area (Å²) < 4.78 is 0. The van der Waals surface area contributed by atoms with E-state index in [1.54, 1.807) is 0 Å². The first-order valence-electron chi connectivity index (χ1n) is 5.17. The van der Waals surface area contributed by atoms with Gasteiger partial charge in [-0.15, -0.1) is 0 Å². The highest BCUT2D eigenvalue weighted by atomic mass is 14.4. The molecule has 0 N–H and O–H groups in total. The van der Waals surface area contributed by atoms with Gasteiger partial charge in [-0.3, -0.25) is 0 Å². The van der Waals surface area contributed by atoms with Crippen LogP contribution in [-0.4, -0.2) is 0 Å². The van der Waals surface area contributed by atoms with Crippen LogP contribution in [0.1, 0.15) is 61.3 Å². The van der Waals surface area contributed by atoms with Crippen LogP contribution in [0.3, 0.4) is 0 Å². The van der Waals surface area contributed by atoms with Gasteiger partial charge in [0, 0.05) is 0 Å². The molecule has 0 saturated carbocycles. The summed E-state index contributed by atoms with van der Waals surface area (Å²) in [5.74, 6) is 0.839. The van der Waals surface area contributed by atoms with Crippen LogP contribution in [0.5, 0.6) is 0 Å². The van der Waals surface area contributed by atoms with Crippen molar-refractivity contribution in [3.8, 4) is 0 Å². The van der Waals surface area contributed by atoms with Gasteiger partial charge in [0.15, 0.2) is 0 Å². The van der Waals surface area contributed by atoms with Crippen molar-refractivity contribution in [2.24, 2.45) is 16.7 Å². The van der Waals surface area contributed by atoms with E-state index < -0.39 is 0 Å². The Morgan fingerprint density at radius 1 is 0.917 bits per heavy atom. The predicted octanol–water partition coefficient (Wildman–Crippen LogP) is 4.49. The van der Waals surface area contributed by atoms with Gasteiger partial charge in [-0.2, -0.15) is 0 Å². The van der Waals surface area contributed by atoms with Gasteiger partial charge < -0.3 is 0 Å². The molecule has 0 fully saturated rings. The predicted molar refractivity (Wildman–Crippen MR) is 57.3 cm³/mol. The fourth-order valence-electron chi connectivity index (χ4n) is 1.02. The summed E-state index contributed by atoms with van der Waals surface area (Å²) in [5, 5.41) is 0. The second-order valence-corrected chi connectivity index (χ2v) is 6.07.